The smallest absolute Gasteiger partial charge is 0.325 e. The molecule has 1 rings (SSSR count). The van der Waals surface area contributed by atoms with Crippen LogP contribution in [-0.4, -0.2) is 35.1 Å². The second-order valence-corrected chi connectivity index (χ2v) is 4.35. The van der Waals surface area contributed by atoms with Gasteiger partial charge in [-0.3, -0.25) is 4.79 Å². The third kappa shape index (κ3) is 4.08. The van der Waals surface area contributed by atoms with Crippen molar-refractivity contribution in [1.82, 2.24) is 10.2 Å². The van der Waals surface area contributed by atoms with E-state index in [0.717, 1.165) is 11.1 Å². The van der Waals surface area contributed by atoms with Gasteiger partial charge >= 0.3 is 12.0 Å². The van der Waals surface area contributed by atoms with Crippen molar-refractivity contribution in [2.45, 2.75) is 26.4 Å². The van der Waals surface area contributed by atoms with Crippen LogP contribution in [0.4, 0.5) is 4.79 Å². The summed E-state index contributed by atoms with van der Waals surface area (Å²) >= 11 is 0. The maximum Gasteiger partial charge on any atom is 0.325 e. The third-order valence-electron chi connectivity index (χ3n) is 2.56. The largest absolute Gasteiger partial charge is 0.480 e. The van der Waals surface area contributed by atoms with Gasteiger partial charge in [-0.15, -0.1) is 0 Å². The van der Waals surface area contributed by atoms with Crippen LogP contribution in [0.15, 0.2) is 24.3 Å². The van der Waals surface area contributed by atoms with E-state index in [-0.39, 0.29) is 0 Å². The van der Waals surface area contributed by atoms with E-state index in [1.54, 1.807) is 7.05 Å². The lowest BCUT2D eigenvalue weighted by Gasteiger charge is -2.19. The molecule has 0 spiro atoms. The van der Waals surface area contributed by atoms with Gasteiger partial charge in [0.05, 0.1) is 0 Å². The van der Waals surface area contributed by atoms with Crippen molar-refractivity contribution in [3.05, 3.63) is 35.4 Å². The number of urea groups is 1. The number of hydrogen-bond acceptors (Lipinski definition) is 2. The van der Waals surface area contributed by atoms with Crippen LogP contribution in [0, 0.1) is 6.92 Å². The summed E-state index contributed by atoms with van der Waals surface area (Å²) in [6, 6.07) is 6.54. The predicted octanol–water partition coefficient (Wildman–Crippen LogP) is 1.61. The summed E-state index contributed by atoms with van der Waals surface area (Å²) in [6.45, 7) is 3.86. The summed E-state index contributed by atoms with van der Waals surface area (Å²) in [4.78, 5) is 23.8. The number of nitrogens with zero attached hydrogens (tertiary/aromatic N) is 1. The normalized spacial score (nSPS) is 11.7. The number of hydrogen-bond donors (Lipinski definition) is 2. The van der Waals surface area contributed by atoms with Gasteiger partial charge in [-0.1, -0.05) is 29.8 Å². The standard InChI is InChI=1S/C13H18N2O3/c1-9-5-4-6-11(7-9)8-15(3)13(18)14-10(2)12(16)17/h4-7,10H,8H2,1-3H3,(H,14,18)(H,16,17). The highest BCUT2D eigenvalue weighted by Crippen LogP contribution is 2.06. The van der Waals surface area contributed by atoms with E-state index in [1.807, 2.05) is 31.2 Å². The summed E-state index contributed by atoms with van der Waals surface area (Å²) in [5.41, 5.74) is 2.14. The maximum absolute atomic E-state index is 11.7. The molecule has 98 valence electrons. The van der Waals surface area contributed by atoms with Gasteiger partial charge in [0, 0.05) is 13.6 Å². The van der Waals surface area contributed by atoms with E-state index in [1.165, 1.54) is 11.8 Å². The summed E-state index contributed by atoms with van der Waals surface area (Å²) in [6.07, 6.45) is 0. The molecule has 1 aromatic carbocycles. The zero-order chi connectivity index (χ0) is 13.7. The molecule has 1 atom stereocenters. The van der Waals surface area contributed by atoms with Crippen molar-refractivity contribution in [2.24, 2.45) is 0 Å². The van der Waals surface area contributed by atoms with E-state index in [2.05, 4.69) is 5.32 Å². The maximum atomic E-state index is 11.7. The minimum atomic E-state index is -1.05. The number of carboxylic acids is 1. The van der Waals surface area contributed by atoms with Crippen molar-refractivity contribution >= 4 is 12.0 Å². The van der Waals surface area contributed by atoms with Crippen LogP contribution < -0.4 is 5.32 Å². The number of aliphatic carboxylic acids is 1. The van der Waals surface area contributed by atoms with Crippen molar-refractivity contribution in [3.8, 4) is 0 Å². The Hall–Kier alpha value is -2.04. The zero-order valence-corrected chi connectivity index (χ0v) is 10.8. The first kappa shape index (κ1) is 14.0. The van der Waals surface area contributed by atoms with Crippen LogP contribution in [-0.2, 0) is 11.3 Å². The molecule has 0 aliphatic heterocycles. The lowest BCUT2D eigenvalue weighted by atomic mass is 10.1. The molecule has 0 fully saturated rings. The molecule has 5 nitrogen and oxygen atoms in total. The molecule has 0 aliphatic rings. The Morgan fingerprint density at radius 2 is 2.11 bits per heavy atom. The second-order valence-electron chi connectivity index (χ2n) is 4.35. The van der Waals surface area contributed by atoms with Crippen LogP contribution in [0.5, 0.6) is 0 Å². The number of rotatable bonds is 4. The molecule has 0 saturated heterocycles. The van der Waals surface area contributed by atoms with Gasteiger partial charge in [-0.05, 0) is 19.4 Å². The van der Waals surface area contributed by atoms with E-state index >= 15 is 0 Å². The Morgan fingerprint density at radius 1 is 1.44 bits per heavy atom. The van der Waals surface area contributed by atoms with E-state index in [4.69, 9.17) is 5.11 Å². The molecular weight excluding hydrogens is 232 g/mol. The fourth-order valence-electron chi connectivity index (χ4n) is 1.51. The average Bonchev–Trinajstić information content (AvgIpc) is 2.28. The van der Waals surface area contributed by atoms with Gasteiger partial charge in [-0.25, -0.2) is 4.79 Å². The average molecular weight is 250 g/mol. The van der Waals surface area contributed by atoms with Crippen LogP contribution in [0.2, 0.25) is 0 Å². The highest BCUT2D eigenvalue weighted by atomic mass is 16.4. The summed E-state index contributed by atoms with van der Waals surface area (Å²) in [5.74, 6) is -1.05. The van der Waals surface area contributed by atoms with Gasteiger partial charge in [0.1, 0.15) is 6.04 Å². The number of amides is 2. The van der Waals surface area contributed by atoms with Crippen LogP contribution in [0.25, 0.3) is 0 Å². The van der Waals surface area contributed by atoms with Gasteiger partial charge in [-0.2, -0.15) is 0 Å². The molecule has 0 aliphatic carbocycles. The molecular formula is C13H18N2O3. The second kappa shape index (κ2) is 6.05. The molecule has 0 radical (unpaired) electrons. The highest BCUT2D eigenvalue weighted by molar-refractivity contribution is 5.82. The first-order chi connectivity index (χ1) is 8.40. The monoisotopic (exact) mass is 250 g/mol. The van der Waals surface area contributed by atoms with Crippen LogP contribution >= 0.6 is 0 Å². The molecule has 0 aromatic heterocycles. The Morgan fingerprint density at radius 3 is 2.67 bits per heavy atom. The van der Waals surface area contributed by atoms with Gasteiger partial charge < -0.3 is 15.3 Å². The molecule has 5 heteroatoms. The number of carboxylic acid groups (broad SMARTS) is 1. The molecule has 2 amide bonds. The van der Waals surface area contributed by atoms with Gasteiger partial charge in [0.25, 0.3) is 0 Å². The van der Waals surface area contributed by atoms with Gasteiger partial charge in [0.2, 0.25) is 0 Å². The molecule has 0 heterocycles. The number of aryl methyl sites for hydroxylation is 1. The highest BCUT2D eigenvalue weighted by Gasteiger charge is 2.16. The molecule has 18 heavy (non-hydrogen) atoms. The Labute approximate surface area is 106 Å². The molecule has 1 aromatic rings. The molecule has 0 saturated carbocycles. The number of carbonyl (C=O) groups excluding carboxylic acids is 1. The Balaban J connectivity index is 2.57. The first-order valence-electron chi connectivity index (χ1n) is 5.70. The minimum absolute atomic E-state index is 0.397. The Kier molecular flexibility index (Phi) is 4.71. The number of carbonyl (C=O) groups is 2. The summed E-state index contributed by atoms with van der Waals surface area (Å²) in [5, 5.41) is 11.1. The van der Waals surface area contributed by atoms with Crippen molar-refractivity contribution in [2.75, 3.05) is 7.05 Å². The van der Waals surface area contributed by atoms with Crippen LogP contribution in [0.3, 0.4) is 0 Å². The van der Waals surface area contributed by atoms with Crippen LogP contribution in [0.1, 0.15) is 18.1 Å². The van der Waals surface area contributed by atoms with Crippen molar-refractivity contribution in [3.63, 3.8) is 0 Å². The first-order valence-corrected chi connectivity index (χ1v) is 5.70. The quantitative estimate of drug-likeness (QED) is 0.853. The topological polar surface area (TPSA) is 69.6 Å². The predicted molar refractivity (Wildman–Crippen MR) is 68.3 cm³/mol. The fraction of sp³-hybridized carbons (Fsp3) is 0.385. The zero-order valence-electron chi connectivity index (χ0n) is 10.8. The van der Waals surface area contributed by atoms with E-state index in [9.17, 15) is 9.59 Å². The Bertz CT molecular complexity index is 446. The number of benzene rings is 1. The molecule has 1 unspecified atom stereocenters. The third-order valence-corrected chi connectivity index (χ3v) is 2.56. The number of nitrogens with one attached hydrogen (secondary N) is 1. The van der Waals surface area contributed by atoms with Crippen molar-refractivity contribution in [1.29, 1.82) is 0 Å². The molecule has 0 bridgehead atoms. The minimum Gasteiger partial charge on any atom is -0.480 e. The molecule has 2 N–H and O–H groups in total. The van der Waals surface area contributed by atoms with Gasteiger partial charge in [0.15, 0.2) is 0 Å². The van der Waals surface area contributed by atoms with E-state index < -0.39 is 18.0 Å². The lowest BCUT2D eigenvalue weighted by Crippen LogP contribution is -2.44. The summed E-state index contributed by atoms with van der Waals surface area (Å²) in [7, 11) is 1.63. The summed E-state index contributed by atoms with van der Waals surface area (Å²) < 4.78 is 0. The fourth-order valence-corrected chi connectivity index (χ4v) is 1.51. The SMILES string of the molecule is Cc1cccc(CN(C)C(=O)NC(C)C(=O)O)c1. The lowest BCUT2D eigenvalue weighted by molar-refractivity contribution is -0.138. The van der Waals surface area contributed by atoms with Crippen molar-refractivity contribution < 1.29 is 14.7 Å². The van der Waals surface area contributed by atoms with E-state index in [0.29, 0.717) is 6.54 Å².